The Labute approximate surface area is 85.5 Å². The van der Waals surface area contributed by atoms with Crippen molar-refractivity contribution in [1.29, 1.82) is 0 Å². The zero-order chi connectivity index (χ0) is 10.1. The topological polar surface area (TPSA) is 29.9 Å². The molecule has 0 aromatic carbocycles. The fourth-order valence-corrected chi connectivity index (χ4v) is 2.08. The van der Waals surface area contributed by atoms with E-state index in [9.17, 15) is 0 Å². The summed E-state index contributed by atoms with van der Waals surface area (Å²) >= 11 is 0. The van der Waals surface area contributed by atoms with Crippen LogP contribution in [0.3, 0.4) is 0 Å². The Morgan fingerprint density at radius 2 is 2.36 bits per heavy atom. The van der Waals surface area contributed by atoms with Crippen molar-refractivity contribution >= 4 is 0 Å². The molecule has 2 rings (SSSR count). The van der Waals surface area contributed by atoms with Gasteiger partial charge in [0.25, 0.3) is 0 Å². The highest BCUT2D eigenvalue weighted by Gasteiger charge is 2.33. The Bertz CT molecular complexity index is 312. The van der Waals surface area contributed by atoms with E-state index in [0.29, 0.717) is 6.04 Å². The van der Waals surface area contributed by atoms with Crippen molar-refractivity contribution in [2.45, 2.75) is 32.7 Å². The number of rotatable bonds is 4. The third kappa shape index (κ3) is 1.82. The van der Waals surface area contributed by atoms with Crippen LogP contribution in [0.15, 0.2) is 6.07 Å². The molecule has 0 aliphatic heterocycles. The molecule has 0 bridgehead atoms. The second-order valence-electron chi connectivity index (χ2n) is 4.21. The van der Waals surface area contributed by atoms with Gasteiger partial charge in [-0.1, -0.05) is 6.92 Å². The summed E-state index contributed by atoms with van der Waals surface area (Å²) in [5, 5.41) is 7.96. The molecule has 14 heavy (non-hydrogen) atoms. The van der Waals surface area contributed by atoms with Crippen LogP contribution >= 0.6 is 0 Å². The number of nitrogens with one attached hydrogen (secondary N) is 1. The zero-order valence-corrected chi connectivity index (χ0v) is 9.25. The molecule has 1 saturated carbocycles. The van der Waals surface area contributed by atoms with E-state index in [1.807, 2.05) is 11.7 Å². The smallest absolute Gasteiger partial charge is 0.0597 e. The van der Waals surface area contributed by atoms with Crippen LogP contribution in [0.1, 0.15) is 37.2 Å². The van der Waals surface area contributed by atoms with Crippen LogP contribution in [0.4, 0.5) is 0 Å². The molecule has 3 heteroatoms. The first-order valence-corrected chi connectivity index (χ1v) is 5.46. The van der Waals surface area contributed by atoms with Crippen LogP contribution in [0.25, 0.3) is 0 Å². The Kier molecular flexibility index (Phi) is 2.59. The Morgan fingerprint density at radius 3 is 2.79 bits per heavy atom. The molecule has 0 radical (unpaired) electrons. The molecule has 78 valence electrons. The van der Waals surface area contributed by atoms with Crippen molar-refractivity contribution in [3.63, 3.8) is 0 Å². The maximum Gasteiger partial charge on any atom is 0.0597 e. The SMILES string of the molecule is CCNC(c1cc(C)nn1C)C1CC1. The molecule has 0 saturated heterocycles. The summed E-state index contributed by atoms with van der Waals surface area (Å²) in [5.74, 6) is 0.838. The Morgan fingerprint density at radius 1 is 1.64 bits per heavy atom. The normalized spacial score (nSPS) is 18.5. The Hall–Kier alpha value is -0.830. The van der Waals surface area contributed by atoms with Gasteiger partial charge in [0, 0.05) is 7.05 Å². The minimum Gasteiger partial charge on any atom is -0.309 e. The predicted octanol–water partition coefficient (Wildman–Crippen LogP) is 1.79. The lowest BCUT2D eigenvalue weighted by Crippen LogP contribution is -2.24. The first-order chi connectivity index (χ1) is 6.72. The van der Waals surface area contributed by atoms with Gasteiger partial charge >= 0.3 is 0 Å². The molecular formula is C11H19N3. The van der Waals surface area contributed by atoms with E-state index in [4.69, 9.17) is 0 Å². The maximum absolute atomic E-state index is 4.40. The van der Waals surface area contributed by atoms with E-state index in [0.717, 1.165) is 18.2 Å². The maximum atomic E-state index is 4.40. The summed E-state index contributed by atoms with van der Waals surface area (Å²) in [6.07, 6.45) is 2.73. The first kappa shape index (κ1) is 9.71. The van der Waals surface area contributed by atoms with Crippen molar-refractivity contribution in [2.75, 3.05) is 6.54 Å². The van der Waals surface area contributed by atoms with E-state index in [1.54, 1.807) is 0 Å². The molecule has 3 nitrogen and oxygen atoms in total. The highest BCUT2D eigenvalue weighted by molar-refractivity contribution is 5.15. The van der Waals surface area contributed by atoms with Crippen molar-refractivity contribution in [3.8, 4) is 0 Å². The molecule has 1 fully saturated rings. The predicted molar refractivity (Wildman–Crippen MR) is 57.1 cm³/mol. The molecular weight excluding hydrogens is 174 g/mol. The van der Waals surface area contributed by atoms with Crippen LogP contribution in [-0.4, -0.2) is 16.3 Å². The zero-order valence-electron chi connectivity index (χ0n) is 9.25. The van der Waals surface area contributed by atoms with Crippen LogP contribution < -0.4 is 5.32 Å². The van der Waals surface area contributed by atoms with Crippen molar-refractivity contribution < 1.29 is 0 Å². The summed E-state index contributed by atoms with van der Waals surface area (Å²) < 4.78 is 2.01. The van der Waals surface area contributed by atoms with Gasteiger partial charge in [0.05, 0.1) is 17.4 Å². The van der Waals surface area contributed by atoms with Gasteiger partial charge in [-0.2, -0.15) is 5.10 Å². The highest BCUT2D eigenvalue weighted by Crippen LogP contribution is 2.40. The van der Waals surface area contributed by atoms with Crippen LogP contribution in [0.2, 0.25) is 0 Å². The average molecular weight is 193 g/mol. The minimum absolute atomic E-state index is 0.520. The van der Waals surface area contributed by atoms with Crippen molar-refractivity contribution in [2.24, 2.45) is 13.0 Å². The Balaban J connectivity index is 2.20. The van der Waals surface area contributed by atoms with Crippen molar-refractivity contribution in [1.82, 2.24) is 15.1 Å². The molecule has 0 amide bonds. The van der Waals surface area contributed by atoms with Gasteiger partial charge in [0.2, 0.25) is 0 Å². The number of hydrogen-bond donors (Lipinski definition) is 1. The second kappa shape index (κ2) is 3.73. The van der Waals surface area contributed by atoms with Crippen LogP contribution in [0.5, 0.6) is 0 Å². The summed E-state index contributed by atoms with van der Waals surface area (Å²) in [5.41, 5.74) is 2.46. The van der Waals surface area contributed by atoms with Crippen LogP contribution in [0, 0.1) is 12.8 Å². The van der Waals surface area contributed by atoms with Gasteiger partial charge in [-0.05, 0) is 38.3 Å². The molecule has 1 aromatic heterocycles. The van der Waals surface area contributed by atoms with Gasteiger partial charge in [-0.15, -0.1) is 0 Å². The van der Waals surface area contributed by atoms with E-state index in [1.165, 1.54) is 18.5 Å². The second-order valence-corrected chi connectivity index (χ2v) is 4.21. The molecule has 1 aliphatic carbocycles. The van der Waals surface area contributed by atoms with Gasteiger partial charge in [0.15, 0.2) is 0 Å². The average Bonchev–Trinajstić information content (AvgIpc) is 2.89. The molecule has 1 atom stereocenters. The first-order valence-electron chi connectivity index (χ1n) is 5.46. The molecule has 1 unspecified atom stereocenters. The van der Waals surface area contributed by atoms with E-state index >= 15 is 0 Å². The highest BCUT2D eigenvalue weighted by atomic mass is 15.3. The van der Waals surface area contributed by atoms with E-state index in [-0.39, 0.29) is 0 Å². The summed E-state index contributed by atoms with van der Waals surface area (Å²) in [4.78, 5) is 0. The monoisotopic (exact) mass is 193 g/mol. The summed E-state index contributed by atoms with van der Waals surface area (Å²) in [7, 11) is 2.04. The summed E-state index contributed by atoms with van der Waals surface area (Å²) in [6, 6.07) is 2.72. The lowest BCUT2D eigenvalue weighted by molar-refractivity contribution is 0.462. The van der Waals surface area contributed by atoms with Gasteiger partial charge in [0.1, 0.15) is 0 Å². The van der Waals surface area contributed by atoms with E-state index < -0.39 is 0 Å². The summed E-state index contributed by atoms with van der Waals surface area (Å²) in [6.45, 7) is 5.25. The lowest BCUT2D eigenvalue weighted by atomic mass is 10.1. The largest absolute Gasteiger partial charge is 0.309 e. The molecule has 1 N–H and O–H groups in total. The number of aromatic nitrogens is 2. The fraction of sp³-hybridized carbons (Fsp3) is 0.727. The lowest BCUT2D eigenvalue weighted by Gasteiger charge is -2.17. The van der Waals surface area contributed by atoms with E-state index in [2.05, 4.69) is 30.3 Å². The number of aryl methyl sites for hydroxylation is 2. The fourth-order valence-electron chi connectivity index (χ4n) is 2.08. The van der Waals surface area contributed by atoms with Gasteiger partial charge in [-0.3, -0.25) is 4.68 Å². The van der Waals surface area contributed by atoms with Crippen molar-refractivity contribution in [3.05, 3.63) is 17.5 Å². The molecule has 1 heterocycles. The van der Waals surface area contributed by atoms with Gasteiger partial charge in [-0.25, -0.2) is 0 Å². The van der Waals surface area contributed by atoms with Gasteiger partial charge < -0.3 is 5.32 Å². The number of nitrogens with zero attached hydrogens (tertiary/aromatic N) is 2. The quantitative estimate of drug-likeness (QED) is 0.790. The standard InChI is InChI=1S/C11H19N3/c1-4-12-11(9-5-6-9)10-7-8(2)13-14(10)3/h7,9,11-12H,4-6H2,1-3H3. The molecule has 1 aromatic rings. The minimum atomic E-state index is 0.520. The number of hydrogen-bond acceptors (Lipinski definition) is 2. The molecule has 0 spiro atoms. The third-order valence-corrected chi connectivity index (χ3v) is 2.87. The van der Waals surface area contributed by atoms with Crippen LogP contribution in [-0.2, 0) is 7.05 Å². The third-order valence-electron chi connectivity index (χ3n) is 2.87. The molecule has 1 aliphatic rings.